The summed E-state index contributed by atoms with van der Waals surface area (Å²) in [5.74, 6) is 0.588. The highest BCUT2D eigenvalue weighted by molar-refractivity contribution is 6.32. The van der Waals surface area contributed by atoms with Crippen LogP contribution in [0.3, 0.4) is 0 Å². The number of amides is 1. The van der Waals surface area contributed by atoms with Crippen LogP contribution in [0, 0.1) is 0 Å². The van der Waals surface area contributed by atoms with Gasteiger partial charge in [-0.1, -0.05) is 36.7 Å². The minimum Gasteiger partial charge on any atom is -0.444 e. The number of nitrogens with zero attached hydrogens (tertiary/aromatic N) is 1. The average Bonchev–Trinajstić information content (AvgIpc) is 3.02. The predicted molar refractivity (Wildman–Crippen MR) is 102 cm³/mol. The molecular weight excluding hydrogens is 332 g/mol. The largest absolute Gasteiger partial charge is 0.444 e. The Hall–Kier alpha value is -2.31. The number of benzene rings is 1. The molecule has 1 amide bonds. The number of ether oxygens (including phenoxy) is 1. The monoisotopic (exact) mass is 357 g/mol. The topological polar surface area (TPSA) is 67.0 Å². The Morgan fingerprint density at radius 2 is 2.00 bits per heavy atom. The first kappa shape index (κ1) is 20.0. The lowest BCUT2D eigenvalue weighted by Crippen LogP contribution is -2.36. The highest BCUT2D eigenvalue weighted by Gasteiger charge is 2.20. The van der Waals surface area contributed by atoms with Crippen LogP contribution in [0.5, 0.6) is 0 Å². The van der Waals surface area contributed by atoms with E-state index in [0.29, 0.717) is 11.3 Å². The number of rotatable bonds is 6. The van der Waals surface area contributed by atoms with Crippen molar-refractivity contribution < 1.29 is 13.9 Å². The predicted octanol–water partition coefficient (Wildman–Crippen LogP) is 3.23. The summed E-state index contributed by atoms with van der Waals surface area (Å²) in [6.07, 6.45) is 0.160. The van der Waals surface area contributed by atoms with E-state index in [4.69, 9.17) is 12.6 Å². The van der Waals surface area contributed by atoms with Crippen LogP contribution in [0.15, 0.2) is 30.5 Å². The van der Waals surface area contributed by atoms with Gasteiger partial charge in [0.2, 0.25) is 0 Å². The molecule has 2 N–H and O–H groups in total. The number of hydrogen-bond acceptors (Lipinski definition) is 3. The van der Waals surface area contributed by atoms with E-state index >= 15 is 0 Å². The van der Waals surface area contributed by atoms with Crippen molar-refractivity contribution in [3.05, 3.63) is 36.3 Å². The highest BCUT2D eigenvalue weighted by atomic mass is 19.1. The van der Waals surface area contributed by atoms with Gasteiger partial charge in [-0.2, -0.15) is 0 Å². The molecule has 0 fully saturated rings. The summed E-state index contributed by atoms with van der Waals surface area (Å²) in [4.78, 5) is 19.1. The molecule has 0 bridgehead atoms. The fourth-order valence-electron chi connectivity index (χ4n) is 2.48. The first-order valence-electron chi connectivity index (χ1n) is 8.66. The minimum atomic E-state index is -1.19. The van der Waals surface area contributed by atoms with E-state index in [-0.39, 0.29) is 18.9 Å². The third-order valence-electron chi connectivity index (χ3n) is 3.76. The maximum absolute atomic E-state index is 14.2. The van der Waals surface area contributed by atoms with E-state index in [1.165, 1.54) is 0 Å². The van der Waals surface area contributed by atoms with Gasteiger partial charge in [0.15, 0.2) is 0 Å². The van der Waals surface area contributed by atoms with Gasteiger partial charge in [0.25, 0.3) is 0 Å². The first-order chi connectivity index (χ1) is 12.1. The molecule has 2 radical (unpaired) electrons. The molecule has 7 heteroatoms. The van der Waals surface area contributed by atoms with Crippen molar-refractivity contribution in [1.82, 2.24) is 15.3 Å². The third kappa shape index (κ3) is 6.21. The van der Waals surface area contributed by atoms with Gasteiger partial charge < -0.3 is 15.0 Å². The van der Waals surface area contributed by atoms with Crippen molar-refractivity contribution in [2.45, 2.75) is 51.8 Å². The molecule has 0 saturated heterocycles. The minimum absolute atomic E-state index is 0.0925. The van der Waals surface area contributed by atoms with Gasteiger partial charge in [0, 0.05) is 5.92 Å². The molecule has 1 aromatic heterocycles. The molecule has 2 aromatic rings. The summed E-state index contributed by atoms with van der Waals surface area (Å²) < 4.78 is 19.3. The molecule has 0 saturated carbocycles. The fraction of sp³-hybridized carbons (Fsp3) is 0.474. The zero-order chi connectivity index (χ0) is 19.3. The van der Waals surface area contributed by atoms with Crippen molar-refractivity contribution in [3.8, 4) is 11.3 Å². The van der Waals surface area contributed by atoms with E-state index in [1.807, 2.05) is 31.2 Å². The van der Waals surface area contributed by atoms with Gasteiger partial charge in [-0.05, 0) is 32.8 Å². The molecule has 0 spiro atoms. The lowest BCUT2D eigenvalue weighted by Gasteiger charge is -2.20. The Morgan fingerprint density at radius 1 is 1.35 bits per heavy atom. The van der Waals surface area contributed by atoms with Crippen LogP contribution in [0.1, 0.15) is 45.9 Å². The Balaban J connectivity index is 1.86. The standard InChI is InChI=1S/C19H25BFN3O2/c1-12(9-15(21)10-23-18(25)26-19(2,3)4)17-22-11-16(24-17)13-5-7-14(20)8-6-13/h5-8,11-12,15H,9-10H2,1-4H3,(H,22,24)(H,23,25)/t12-,15+/m0/s1. The van der Waals surface area contributed by atoms with Crippen LogP contribution >= 0.6 is 0 Å². The molecule has 2 rings (SSSR count). The Morgan fingerprint density at radius 3 is 2.62 bits per heavy atom. The molecule has 0 unspecified atom stereocenters. The molecule has 1 heterocycles. The quantitative estimate of drug-likeness (QED) is 0.780. The lowest BCUT2D eigenvalue weighted by atomic mass is 9.95. The fourth-order valence-corrected chi connectivity index (χ4v) is 2.48. The zero-order valence-corrected chi connectivity index (χ0v) is 15.7. The van der Waals surface area contributed by atoms with Crippen LogP contribution in [0.25, 0.3) is 11.3 Å². The van der Waals surface area contributed by atoms with E-state index in [9.17, 15) is 9.18 Å². The number of alkyl halides is 1. The van der Waals surface area contributed by atoms with Crippen molar-refractivity contribution in [1.29, 1.82) is 0 Å². The summed E-state index contributed by atoms with van der Waals surface area (Å²) >= 11 is 0. The first-order valence-corrected chi connectivity index (χ1v) is 8.66. The lowest BCUT2D eigenvalue weighted by molar-refractivity contribution is 0.0511. The van der Waals surface area contributed by atoms with Gasteiger partial charge in [0.1, 0.15) is 25.4 Å². The molecule has 0 aliphatic carbocycles. The molecule has 5 nitrogen and oxygen atoms in total. The highest BCUT2D eigenvalue weighted by Crippen LogP contribution is 2.23. The maximum atomic E-state index is 14.2. The van der Waals surface area contributed by atoms with Gasteiger partial charge in [-0.15, -0.1) is 0 Å². The van der Waals surface area contributed by atoms with E-state index in [2.05, 4.69) is 15.3 Å². The Labute approximate surface area is 155 Å². The smallest absolute Gasteiger partial charge is 0.407 e. The average molecular weight is 357 g/mol. The molecular formula is C19H25BFN3O2. The van der Waals surface area contributed by atoms with Gasteiger partial charge >= 0.3 is 6.09 Å². The molecule has 0 aliphatic rings. The van der Waals surface area contributed by atoms with Crippen molar-refractivity contribution >= 4 is 19.4 Å². The van der Waals surface area contributed by atoms with Crippen molar-refractivity contribution in [2.24, 2.45) is 0 Å². The van der Waals surface area contributed by atoms with Crippen LogP contribution in [-0.4, -0.2) is 42.2 Å². The Bertz CT molecular complexity index is 725. The number of halogens is 1. The second-order valence-corrected chi connectivity index (χ2v) is 7.42. The van der Waals surface area contributed by atoms with Crippen molar-refractivity contribution in [3.63, 3.8) is 0 Å². The third-order valence-corrected chi connectivity index (χ3v) is 3.76. The number of H-pyrrole nitrogens is 1. The molecule has 26 heavy (non-hydrogen) atoms. The van der Waals surface area contributed by atoms with Crippen LogP contribution in [0.2, 0.25) is 0 Å². The Kier molecular flexibility index (Phi) is 6.45. The normalized spacial score (nSPS) is 13.9. The molecule has 1 aromatic carbocycles. The number of alkyl carbamates (subject to hydrolysis) is 1. The zero-order valence-electron chi connectivity index (χ0n) is 15.7. The van der Waals surface area contributed by atoms with Crippen molar-refractivity contribution in [2.75, 3.05) is 6.54 Å². The number of carbonyl (C=O) groups is 1. The number of carbonyl (C=O) groups excluding carboxylic acids is 1. The van der Waals surface area contributed by atoms with E-state index in [0.717, 1.165) is 11.3 Å². The number of imidazole rings is 1. The summed E-state index contributed by atoms with van der Waals surface area (Å²) in [5, 5.41) is 2.45. The molecule has 138 valence electrons. The molecule has 2 atom stereocenters. The number of aromatic nitrogens is 2. The number of nitrogens with one attached hydrogen (secondary N) is 2. The summed E-state index contributed by atoms with van der Waals surface area (Å²) in [6, 6.07) is 7.44. The maximum Gasteiger partial charge on any atom is 0.407 e. The molecule has 0 aliphatic heterocycles. The van der Waals surface area contributed by atoms with Gasteiger partial charge in [-0.25, -0.2) is 14.2 Å². The number of aromatic amines is 1. The van der Waals surface area contributed by atoms with E-state index < -0.39 is 17.9 Å². The van der Waals surface area contributed by atoms with E-state index in [1.54, 1.807) is 27.0 Å². The second-order valence-electron chi connectivity index (χ2n) is 7.42. The second kappa shape index (κ2) is 8.38. The summed E-state index contributed by atoms with van der Waals surface area (Å²) in [7, 11) is 5.69. The SMILES string of the molecule is [B]c1ccc(-c2cnc([C@@H](C)C[C@@H](F)CNC(=O)OC(C)(C)C)[nH]2)cc1. The number of hydrogen-bond donors (Lipinski definition) is 2. The van der Waals surface area contributed by atoms with Gasteiger partial charge in [-0.3, -0.25) is 0 Å². The van der Waals surface area contributed by atoms with Crippen LogP contribution in [-0.2, 0) is 4.74 Å². The summed E-state index contributed by atoms with van der Waals surface area (Å²) in [5.41, 5.74) is 1.91. The van der Waals surface area contributed by atoms with Crippen LogP contribution in [0.4, 0.5) is 9.18 Å². The summed E-state index contributed by atoms with van der Waals surface area (Å²) in [6.45, 7) is 7.09. The van der Waals surface area contributed by atoms with Crippen LogP contribution < -0.4 is 10.8 Å². The van der Waals surface area contributed by atoms with Gasteiger partial charge in [0.05, 0.1) is 18.4 Å².